The zero-order valence-electron chi connectivity index (χ0n) is 20.9. The molecule has 186 valence electrons. The number of hydrogen-bond donors (Lipinski definition) is 3. The average Bonchev–Trinajstić information content (AvgIpc) is 2.64. The van der Waals surface area contributed by atoms with Crippen molar-refractivity contribution in [2.45, 2.75) is 120 Å². The zero-order valence-corrected chi connectivity index (χ0v) is 23.7. The van der Waals surface area contributed by atoms with Gasteiger partial charge in [0.1, 0.15) is 0 Å². The Kier molecular flexibility index (Phi) is 21.5. The van der Waals surface area contributed by atoms with Gasteiger partial charge in [-0.2, -0.15) is 8.42 Å². The van der Waals surface area contributed by atoms with Crippen LogP contribution in [0.5, 0.6) is 0 Å². The Balaban J connectivity index is 0. The molecule has 0 rings (SSSR count). The van der Waals surface area contributed by atoms with E-state index in [0.717, 1.165) is 15.0 Å². The summed E-state index contributed by atoms with van der Waals surface area (Å²) in [5, 5.41) is 13.9. The number of carboxylic acids is 2. The van der Waals surface area contributed by atoms with E-state index in [1.54, 1.807) is 0 Å². The molecule has 0 saturated heterocycles. The third-order valence-electron chi connectivity index (χ3n) is 5.45. The summed E-state index contributed by atoms with van der Waals surface area (Å²) in [5.41, 5.74) is 0. The molecular weight excluding hydrogens is 443 g/mol. The first-order chi connectivity index (χ1) is 14.8. The third-order valence-corrected chi connectivity index (χ3v) is 7.69. The Hall–Kier alpha value is -0.150. The molecule has 7 nitrogen and oxygen atoms in total. The van der Waals surface area contributed by atoms with Gasteiger partial charge in [-0.25, -0.2) is 0 Å². The monoisotopic (exact) mass is 488 g/mol. The van der Waals surface area contributed by atoms with Gasteiger partial charge in [0.05, 0.1) is 6.42 Å². The fourth-order valence-corrected chi connectivity index (χ4v) is 4.85. The fourth-order valence-electron chi connectivity index (χ4n) is 3.42. The minimum atomic E-state index is -4.84. The molecule has 1 atom stereocenters. The first-order valence-electron chi connectivity index (χ1n) is 12.2. The second kappa shape index (κ2) is 20.2. The fraction of sp³-hybridized carbons (Fsp3) is 0.913. The normalized spacial score (nSPS) is 12.7. The molecule has 0 bridgehead atoms. The van der Waals surface area contributed by atoms with E-state index in [1.165, 1.54) is 105 Å². The van der Waals surface area contributed by atoms with Gasteiger partial charge in [-0.15, -0.1) is 0 Å². The van der Waals surface area contributed by atoms with Gasteiger partial charge in [0.25, 0.3) is 10.1 Å². The molecular formula is C23H45NaO7S. The molecule has 0 heterocycles. The first kappa shape index (κ1) is 34.0. The van der Waals surface area contributed by atoms with Crippen molar-refractivity contribution in [2.24, 2.45) is 11.8 Å². The SMILES string of the molecule is CC(C)CCCCCC[CH]([Na])CCCCCCC(C)C.O=C(O)CC(C(=O)O)S(=O)(=O)O. The van der Waals surface area contributed by atoms with Gasteiger partial charge in [-0.1, -0.05) is 0 Å². The molecule has 0 aromatic rings. The maximum absolute atomic E-state index is 10.2. The zero-order chi connectivity index (χ0) is 25.2. The van der Waals surface area contributed by atoms with E-state index >= 15 is 0 Å². The van der Waals surface area contributed by atoms with Crippen LogP contribution in [0, 0.1) is 11.8 Å². The number of rotatable bonds is 18. The van der Waals surface area contributed by atoms with E-state index in [2.05, 4.69) is 27.7 Å². The minimum absolute atomic E-state index is 0.900. The van der Waals surface area contributed by atoms with Gasteiger partial charge in [0.15, 0.2) is 5.25 Å². The number of hydrogen-bond acceptors (Lipinski definition) is 4. The van der Waals surface area contributed by atoms with Gasteiger partial charge < -0.3 is 10.2 Å². The van der Waals surface area contributed by atoms with Crippen LogP contribution < -0.4 is 0 Å². The Morgan fingerprint density at radius 2 is 1.06 bits per heavy atom. The molecule has 9 heteroatoms. The quantitative estimate of drug-likeness (QED) is 0.127. The van der Waals surface area contributed by atoms with Crippen molar-refractivity contribution in [3.63, 3.8) is 0 Å². The molecule has 0 aromatic heterocycles. The van der Waals surface area contributed by atoms with Crippen molar-refractivity contribution < 1.29 is 32.8 Å². The number of carbonyl (C=O) groups is 2. The van der Waals surface area contributed by atoms with Crippen LogP contribution in [-0.4, -0.2) is 68.3 Å². The van der Waals surface area contributed by atoms with Gasteiger partial charge in [0.2, 0.25) is 0 Å². The Morgan fingerprint density at radius 3 is 1.28 bits per heavy atom. The standard InChI is InChI=1S/C19H39.C4H6O7S.Na/c1-18(2)16-14-12-10-8-6-5-7-9-11-13-15-17-19(3)4;5-3(6)1-2(4(7)8)12(9,10)11;/h5,18-19H,6-17H2,1-4H3;2H,1H2,(H,5,6)(H,7,8)(H,9,10,11);. The van der Waals surface area contributed by atoms with E-state index in [4.69, 9.17) is 14.8 Å². The van der Waals surface area contributed by atoms with Crippen molar-refractivity contribution >= 4 is 50.0 Å². The van der Waals surface area contributed by atoms with Crippen molar-refractivity contribution in [3.8, 4) is 0 Å². The predicted octanol–water partition coefficient (Wildman–Crippen LogP) is 5.74. The summed E-state index contributed by atoms with van der Waals surface area (Å²) >= 11 is 1.42. The van der Waals surface area contributed by atoms with E-state index in [1.807, 2.05) is 0 Å². The van der Waals surface area contributed by atoms with Crippen LogP contribution >= 0.6 is 0 Å². The smallest absolute Gasteiger partial charge is 0.325 e. The molecule has 0 fully saturated rings. The van der Waals surface area contributed by atoms with Crippen molar-refractivity contribution in [1.82, 2.24) is 0 Å². The Labute approximate surface area is 213 Å². The molecule has 0 spiro atoms. The Bertz CT molecular complexity index is 571. The van der Waals surface area contributed by atoms with E-state index in [9.17, 15) is 18.0 Å². The van der Waals surface area contributed by atoms with Gasteiger partial charge in [-0.3, -0.25) is 14.1 Å². The molecule has 0 aliphatic carbocycles. The molecule has 0 radical (unpaired) electrons. The molecule has 1 unspecified atom stereocenters. The topological polar surface area (TPSA) is 129 Å². The van der Waals surface area contributed by atoms with Crippen LogP contribution in [0.25, 0.3) is 0 Å². The van der Waals surface area contributed by atoms with Crippen molar-refractivity contribution in [2.75, 3.05) is 0 Å². The summed E-state index contributed by atoms with van der Waals surface area (Å²) in [5.74, 6) is -1.70. The molecule has 3 N–H and O–H groups in total. The second-order valence-corrected chi connectivity index (χ2v) is 13.0. The molecule has 0 aliphatic rings. The van der Waals surface area contributed by atoms with E-state index in [0.29, 0.717) is 0 Å². The first-order valence-corrected chi connectivity index (χ1v) is 14.8. The van der Waals surface area contributed by atoms with Crippen LogP contribution in [0.3, 0.4) is 0 Å². The minimum Gasteiger partial charge on any atom is -0.481 e. The van der Waals surface area contributed by atoms with Crippen LogP contribution in [0.15, 0.2) is 0 Å². The maximum atomic E-state index is 10.2. The van der Waals surface area contributed by atoms with E-state index in [-0.39, 0.29) is 0 Å². The van der Waals surface area contributed by atoms with E-state index < -0.39 is 33.7 Å². The van der Waals surface area contributed by atoms with Crippen molar-refractivity contribution in [1.29, 1.82) is 0 Å². The van der Waals surface area contributed by atoms with Crippen LogP contribution in [0.4, 0.5) is 0 Å². The maximum Gasteiger partial charge on any atom is 0.325 e. The van der Waals surface area contributed by atoms with Gasteiger partial charge in [-0.05, 0) is 0 Å². The molecule has 0 saturated carbocycles. The average molecular weight is 489 g/mol. The summed E-state index contributed by atoms with van der Waals surface area (Å²) in [6, 6.07) is 0. The number of unbranched alkanes of at least 4 members (excludes halogenated alkanes) is 6. The summed E-state index contributed by atoms with van der Waals surface area (Å²) in [6.45, 7) is 9.37. The Morgan fingerprint density at radius 1 is 0.719 bits per heavy atom. The second-order valence-electron chi connectivity index (χ2n) is 9.82. The summed E-state index contributed by atoms with van der Waals surface area (Å²) in [6.07, 6.45) is 16.6. The predicted molar refractivity (Wildman–Crippen MR) is 130 cm³/mol. The molecule has 0 aliphatic heterocycles. The number of aliphatic carboxylic acids is 2. The van der Waals surface area contributed by atoms with Crippen LogP contribution in [0.2, 0.25) is 3.17 Å². The summed E-state index contributed by atoms with van der Waals surface area (Å²) < 4.78 is 29.8. The number of carboxylic acid groups (broad SMARTS) is 2. The summed E-state index contributed by atoms with van der Waals surface area (Å²) in [4.78, 5) is 20.0. The van der Waals surface area contributed by atoms with Gasteiger partial charge >= 0.3 is 160 Å². The molecule has 32 heavy (non-hydrogen) atoms. The largest absolute Gasteiger partial charge is 0.481 e. The third kappa shape index (κ3) is 24.5. The summed E-state index contributed by atoms with van der Waals surface area (Å²) in [7, 11) is -4.84. The van der Waals surface area contributed by atoms with Crippen LogP contribution in [-0.2, 0) is 19.7 Å². The van der Waals surface area contributed by atoms with Gasteiger partial charge in [0, 0.05) is 0 Å². The molecule has 0 aromatic carbocycles. The molecule has 0 amide bonds. The van der Waals surface area contributed by atoms with Crippen LogP contribution in [0.1, 0.15) is 111 Å². The van der Waals surface area contributed by atoms with Crippen molar-refractivity contribution in [3.05, 3.63) is 0 Å².